The highest BCUT2D eigenvalue weighted by atomic mass is 14.7. The Hall–Kier alpha value is -2.15. The van der Waals surface area contributed by atoms with Crippen molar-refractivity contribution in [1.82, 2.24) is 0 Å². The van der Waals surface area contributed by atoms with E-state index in [2.05, 4.69) is 64.1 Å². The highest BCUT2D eigenvalue weighted by Crippen LogP contribution is 2.50. The molecule has 2 bridgehead atoms. The van der Waals surface area contributed by atoms with Crippen molar-refractivity contribution >= 4 is 11.3 Å². The van der Waals surface area contributed by atoms with Gasteiger partial charge in [-0.1, -0.05) is 30.3 Å². The van der Waals surface area contributed by atoms with Crippen LogP contribution >= 0.6 is 0 Å². The summed E-state index contributed by atoms with van der Waals surface area (Å²) in [5.74, 6) is 1.35. The molecule has 0 N–H and O–H groups in total. The zero-order chi connectivity index (χ0) is 19.1. The standard InChI is InChI=1S/C26H31N/c1-16-6-8-22(14-18(16)3)24-20-10-12-21(13-11-20)25(24)26(27-5)23-9-7-17(2)19(4)15-23/h6-9,14-15,20-21H,10-13H2,1-5H3. The fourth-order valence-corrected chi connectivity index (χ4v) is 5.03. The van der Waals surface area contributed by atoms with E-state index in [4.69, 9.17) is 4.99 Å². The van der Waals surface area contributed by atoms with Gasteiger partial charge in [-0.05, 0) is 110 Å². The second kappa shape index (κ2) is 7.11. The van der Waals surface area contributed by atoms with Crippen molar-refractivity contribution in [3.05, 3.63) is 75.4 Å². The van der Waals surface area contributed by atoms with Crippen molar-refractivity contribution in [2.24, 2.45) is 16.8 Å². The Morgan fingerprint density at radius 3 is 1.93 bits per heavy atom. The van der Waals surface area contributed by atoms with Crippen LogP contribution in [0.25, 0.3) is 5.57 Å². The van der Waals surface area contributed by atoms with Gasteiger partial charge in [-0.25, -0.2) is 0 Å². The summed E-state index contributed by atoms with van der Waals surface area (Å²) in [4.78, 5) is 4.85. The van der Waals surface area contributed by atoms with Crippen molar-refractivity contribution in [1.29, 1.82) is 0 Å². The van der Waals surface area contributed by atoms with Gasteiger partial charge in [0.05, 0.1) is 5.71 Å². The molecule has 0 atom stereocenters. The van der Waals surface area contributed by atoms with Gasteiger partial charge in [0.15, 0.2) is 0 Å². The smallest absolute Gasteiger partial charge is 0.0681 e. The molecule has 27 heavy (non-hydrogen) atoms. The molecule has 0 spiro atoms. The second-order valence-electron chi connectivity index (χ2n) is 8.55. The summed E-state index contributed by atoms with van der Waals surface area (Å²) in [5, 5.41) is 0. The molecule has 1 nitrogen and oxygen atoms in total. The number of rotatable bonds is 3. The number of fused-ring (bicyclic) bond motifs is 2. The number of aliphatic imine (C=N–C) groups is 1. The SMILES string of the molecule is CN=C(C1=C(c2ccc(C)c(C)c2)C2CCC1CC2)c1ccc(C)c(C)c1. The fraction of sp³-hybridized carbons (Fsp3) is 0.423. The maximum absolute atomic E-state index is 4.85. The molecule has 5 rings (SSSR count). The van der Waals surface area contributed by atoms with Crippen LogP contribution in [0.5, 0.6) is 0 Å². The van der Waals surface area contributed by atoms with E-state index in [1.807, 2.05) is 7.05 Å². The van der Waals surface area contributed by atoms with Gasteiger partial charge in [-0.15, -0.1) is 0 Å². The fourth-order valence-electron chi connectivity index (χ4n) is 5.03. The highest BCUT2D eigenvalue weighted by Gasteiger charge is 2.37. The number of hydrogen-bond donors (Lipinski definition) is 0. The summed E-state index contributed by atoms with van der Waals surface area (Å²) < 4.78 is 0. The largest absolute Gasteiger partial charge is 0.288 e. The molecule has 0 radical (unpaired) electrons. The van der Waals surface area contributed by atoms with Crippen LogP contribution in [0.2, 0.25) is 0 Å². The molecule has 3 aliphatic rings. The number of benzene rings is 2. The van der Waals surface area contributed by atoms with Crippen molar-refractivity contribution in [3.63, 3.8) is 0 Å². The summed E-state index contributed by atoms with van der Waals surface area (Å²) in [6.45, 7) is 8.83. The van der Waals surface area contributed by atoms with Crippen molar-refractivity contribution in [2.45, 2.75) is 53.4 Å². The van der Waals surface area contributed by atoms with Gasteiger partial charge in [-0.2, -0.15) is 0 Å². The van der Waals surface area contributed by atoms with E-state index < -0.39 is 0 Å². The number of hydrogen-bond acceptors (Lipinski definition) is 1. The first-order valence-corrected chi connectivity index (χ1v) is 10.4. The Bertz CT molecular complexity index is 937. The Morgan fingerprint density at radius 2 is 1.33 bits per heavy atom. The molecule has 1 fully saturated rings. The van der Waals surface area contributed by atoms with Crippen LogP contribution < -0.4 is 0 Å². The van der Waals surface area contributed by atoms with Gasteiger partial charge in [0, 0.05) is 12.6 Å². The molecule has 1 heteroatoms. The second-order valence-corrected chi connectivity index (χ2v) is 8.55. The van der Waals surface area contributed by atoms with E-state index in [1.54, 1.807) is 5.57 Å². The maximum atomic E-state index is 4.85. The number of allylic oxidation sites excluding steroid dienone is 2. The number of nitrogens with zero attached hydrogens (tertiary/aromatic N) is 1. The lowest BCUT2D eigenvalue weighted by atomic mass is 9.63. The highest BCUT2D eigenvalue weighted by molar-refractivity contribution is 6.17. The molecule has 3 aliphatic carbocycles. The minimum atomic E-state index is 0.659. The van der Waals surface area contributed by atoms with Gasteiger partial charge in [0.2, 0.25) is 0 Å². The molecule has 1 saturated carbocycles. The van der Waals surface area contributed by atoms with Crippen LogP contribution in [0, 0.1) is 39.5 Å². The van der Waals surface area contributed by atoms with Gasteiger partial charge >= 0.3 is 0 Å². The molecular formula is C26H31N. The normalized spacial score (nSPS) is 22.5. The topological polar surface area (TPSA) is 12.4 Å². The van der Waals surface area contributed by atoms with E-state index in [-0.39, 0.29) is 0 Å². The van der Waals surface area contributed by atoms with Gasteiger partial charge in [-0.3, -0.25) is 4.99 Å². The molecule has 2 aromatic rings. The Labute approximate surface area is 164 Å². The Kier molecular flexibility index (Phi) is 4.80. The lowest BCUT2D eigenvalue weighted by molar-refractivity contribution is 0.332. The predicted molar refractivity (Wildman–Crippen MR) is 117 cm³/mol. The minimum absolute atomic E-state index is 0.659. The van der Waals surface area contributed by atoms with E-state index in [0.717, 1.165) is 0 Å². The molecule has 140 valence electrons. The quantitative estimate of drug-likeness (QED) is 0.548. The third-order valence-corrected chi connectivity index (χ3v) is 6.91. The van der Waals surface area contributed by atoms with Crippen LogP contribution in [0.1, 0.15) is 59.1 Å². The number of aryl methyl sites for hydroxylation is 4. The average molecular weight is 358 g/mol. The predicted octanol–water partition coefficient (Wildman–Crippen LogP) is 6.61. The molecule has 0 aromatic heterocycles. The lowest BCUT2D eigenvalue weighted by Crippen LogP contribution is -2.30. The maximum Gasteiger partial charge on any atom is 0.0681 e. The van der Waals surface area contributed by atoms with Crippen LogP contribution in [-0.2, 0) is 0 Å². The molecule has 2 aromatic carbocycles. The molecule has 0 unspecified atom stereocenters. The van der Waals surface area contributed by atoms with Gasteiger partial charge < -0.3 is 0 Å². The molecule has 0 amide bonds. The average Bonchev–Trinajstić information content (AvgIpc) is 2.68. The van der Waals surface area contributed by atoms with Gasteiger partial charge in [0.25, 0.3) is 0 Å². The van der Waals surface area contributed by atoms with Crippen molar-refractivity contribution in [2.75, 3.05) is 7.05 Å². The van der Waals surface area contributed by atoms with E-state index in [9.17, 15) is 0 Å². The van der Waals surface area contributed by atoms with E-state index in [0.29, 0.717) is 11.8 Å². The van der Waals surface area contributed by atoms with E-state index >= 15 is 0 Å². The summed E-state index contributed by atoms with van der Waals surface area (Å²) in [5.41, 5.74) is 12.5. The molecular weight excluding hydrogens is 326 g/mol. The van der Waals surface area contributed by atoms with Crippen LogP contribution in [-0.4, -0.2) is 12.8 Å². The third-order valence-electron chi connectivity index (χ3n) is 6.91. The van der Waals surface area contributed by atoms with Crippen LogP contribution in [0.4, 0.5) is 0 Å². The monoisotopic (exact) mass is 357 g/mol. The Morgan fingerprint density at radius 1 is 0.741 bits per heavy atom. The molecule has 0 aliphatic heterocycles. The molecule has 0 saturated heterocycles. The Balaban J connectivity index is 1.91. The summed E-state index contributed by atoms with van der Waals surface area (Å²) in [6.07, 6.45) is 5.30. The first kappa shape index (κ1) is 18.2. The minimum Gasteiger partial charge on any atom is -0.288 e. The van der Waals surface area contributed by atoms with Crippen LogP contribution in [0.3, 0.4) is 0 Å². The van der Waals surface area contributed by atoms with Crippen LogP contribution in [0.15, 0.2) is 47.0 Å². The van der Waals surface area contributed by atoms with Crippen molar-refractivity contribution in [3.8, 4) is 0 Å². The van der Waals surface area contributed by atoms with Gasteiger partial charge in [0.1, 0.15) is 0 Å². The molecule has 0 heterocycles. The third kappa shape index (κ3) is 3.18. The summed E-state index contributed by atoms with van der Waals surface area (Å²) in [6, 6.07) is 13.9. The zero-order valence-corrected chi connectivity index (χ0v) is 17.4. The first-order chi connectivity index (χ1) is 13.0. The van der Waals surface area contributed by atoms with E-state index in [1.165, 1.54) is 70.3 Å². The van der Waals surface area contributed by atoms with Crippen molar-refractivity contribution < 1.29 is 0 Å². The summed E-state index contributed by atoms with van der Waals surface area (Å²) >= 11 is 0. The first-order valence-electron chi connectivity index (χ1n) is 10.4. The lowest BCUT2D eigenvalue weighted by Gasteiger charge is -2.41. The summed E-state index contributed by atoms with van der Waals surface area (Å²) in [7, 11) is 1.97. The zero-order valence-electron chi connectivity index (χ0n) is 17.4.